The van der Waals surface area contributed by atoms with Crippen LogP contribution in [-0.2, 0) is 0 Å². The van der Waals surface area contributed by atoms with E-state index in [2.05, 4.69) is 26.0 Å². The van der Waals surface area contributed by atoms with Gasteiger partial charge in [-0.05, 0) is 85.9 Å². The van der Waals surface area contributed by atoms with Gasteiger partial charge in [-0.15, -0.1) is 0 Å². The molecule has 0 amide bonds. The summed E-state index contributed by atoms with van der Waals surface area (Å²) in [6.45, 7) is 5.24. The highest BCUT2D eigenvalue weighted by atomic mass is 16.5. The van der Waals surface area contributed by atoms with Crippen LogP contribution in [0.15, 0.2) is 48.5 Å². The molecule has 1 aliphatic carbocycles. The summed E-state index contributed by atoms with van der Waals surface area (Å²) < 4.78 is 11.4. The molecule has 1 fully saturated rings. The molecule has 3 heteroatoms. The molecule has 0 aliphatic heterocycles. The first-order valence-corrected chi connectivity index (χ1v) is 14.2. The molecule has 2 aromatic carbocycles. The van der Waals surface area contributed by atoms with E-state index in [1.54, 1.807) is 12.1 Å². The second kappa shape index (κ2) is 15.7. The molecule has 1 saturated carbocycles. The number of benzene rings is 2. The molecule has 192 valence electrons. The quantitative estimate of drug-likeness (QED) is 0.145. The average Bonchev–Trinajstić information content (AvgIpc) is 2.89. The van der Waals surface area contributed by atoms with E-state index in [1.807, 2.05) is 24.3 Å². The Labute approximate surface area is 213 Å². The van der Waals surface area contributed by atoms with Crippen LogP contribution < -0.4 is 9.47 Å². The standard InChI is InChI=1S/C32H46O3/c1-3-5-7-8-9-11-25-34-30-21-19-29(20-22-30)32(33)35-31-23-17-28(18-24-31)27-15-13-26(14-16-27)12-10-6-4-2/h17-24,26-27H,3-16,25H2,1-2H3/t26-,27-. The lowest BCUT2D eigenvalue weighted by Gasteiger charge is -2.29. The van der Waals surface area contributed by atoms with Crippen molar-refractivity contribution < 1.29 is 14.3 Å². The molecule has 0 heterocycles. The molecule has 0 radical (unpaired) electrons. The summed E-state index contributed by atoms with van der Waals surface area (Å²) in [6, 6.07) is 15.5. The van der Waals surface area contributed by atoms with E-state index in [0.29, 0.717) is 17.2 Å². The fourth-order valence-corrected chi connectivity index (χ4v) is 5.20. The maximum atomic E-state index is 12.6. The van der Waals surface area contributed by atoms with Crippen LogP contribution in [0.25, 0.3) is 0 Å². The van der Waals surface area contributed by atoms with Crippen molar-refractivity contribution in [3.05, 3.63) is 59.7 Å². The van der Waals surface area contributed by atoms with Gasteiger partial charge in [0.15, 0.2) is 0 Å². The average molecular weight is 479 g/mol. The van der Waals surface area contributed by atoms with Crippen LogP contribution in [0.5, 0.6) is 11.5 Å². The van der Waals surface area contributed by atoms with Crippen molar-refractivity contribution in [3.8, 4) is 11.5 Å². The summed E-state index contributed by atoms with van der Waals surface area (Å²) in [5.74, 6) is 2.65. The third-order valence-corrected chi connectivity index (χ3v) is 7.48. The van der Waals surface area contributed by atoms with Crippen molar-refractivity contribution in [2.24, 2.45) is 5.92 Å². The van der Waals surface area contributed by atoms with Crippen LogP contribution in [0.2, 0.25) is 0 Å². The molecule has 3 nitrogen and oxygen atoms in total. The number of unbranched alkanes of at least 4 members (excludes halogenated alkanes) is 7. The highest BCUT2D eigenvalue weighted by Gasteiger charge is 2.22. The zero-order chi connectivity index (χ0) is 24.7. The van der Waals surface area contributed by atoms with E-state index in [9.17, 15) is 4.79 Å². The van der Waals surface area contributed by atoms with Gasteiger partial charge in [-0.25, -0.2) is 4.79 Å². The maximum Gasteiger partial charge on any atom is 0.343 e. The summed E-state index contributed by atoms with van der Waals surface area (Å²) in [4.78, 5) is 12.6. The highest BCUT2D eigenvalue weighted by Crippen LogP contribution is 2.38. The fraction of sp³-hybridized carbons (Fsp3) is 0.594. The molecule has 0 N–H and O–H groups in total. The van der Waals surface area contributed by atoms with Crippen molar-refractivity contribution in [2.75, 3.05) is 6.61 Å². The van der Waals surface area contributed by atoms with Gasteiger partial charge in [-0.2, -0.15) is 0 Å². The fourth-order valence-electron chi connectivity index (χ4n) is 5.20. The summed E-state index contributed by atoms with van der Waals surface area (Å²) in [7, 11) is 0. The molecular formula is C32H46O3. The summed E-state index contributed by atoms with van der Waals surface area (Å²) >= 11 is 0. The molecule has 35 heavy (non-hydrogen) atoms. The minimum atomic E-state index is -0.326. The van der Waals surface area contributed by atoms with E-state index in [4.69, 9.17) is 9.47 Å². The topological polar surface area (TPSA) is 35.5 Å². The van der Waals surface area contributed by atoms with Gasteiger partial charge < -0.3 is 9.47 Å². The Morgan fingerprint density at radius 1 is 0.714 bits per heavy atom. The first-order valence-electron chi connectivity index (χ1n) is 14.2. The van der Waals surface area contributed by atoms with E-state index >= 15 is 0 Å². The molecule has 0 unspecified atom stereocenters. The third kappa shape index (κ3) is 9.70. The zero-order valence-corrected chi connectivity index (χ0v) is 22.1. The molecule has 2 aromatic rings. The number of ether oxygens (including phenoxy) is 2. The number of carbonyl (C=O) groups excluding carboxylic acids is 1. The molecule has 3 rings (SSSR count). The van der Waals surface area contributed by atoms with Gasteiger partial charge in [0, 0.05) is 0 Å². The van der Waals surface area contributed by atoms with Gasteiger partial charge >= 0.3 is 5.97 Å². The SMILES string of the molecule is CCCCCCCCOc1ccc(C(=O)Oc2ccc([C@H]3CC[C@H](CCCCC)CC3)cc2)cc1. The number of rotatable bonds is 15. The second-order valence-electron chi connectivity index (χ2n) is 10.3. The lowest BCUT2D eigenvalue weighted by Crippen LogP contribution is -2.13. The number of esters is 1. The summed E-state index contributed by atoms with van der Waals surface area (Å²) in [5.41, 5.74) is 1.92. The zero-order valence-electron chi connectivity index (χ0n) is 22.1. The smallest absolute Gasteiger partial charge is 0.343 e. The van der Waals surface area contributed by atoms with Gasteiger partial charge in [0.2, 0.25) is 0 Å². The van der Waals surface area contributed by atoms with Gasteiger partial charge in [0.25, 0.3) is 0 Å². The molecule has 0 atom stereocenters. The highest BCUT2D eigenvalue weighted by molar-refractivity contribution is 5.91. The van der Waals surface area contributed by atoms with Crippen molar-refractivity contribution in [1.29, 1.82) is 0 Å². The van der Waals surface area contributed by atoms with Crippen LogP contribution in [0.4, 0.5) is 0 Å². The van der Waals surface area contributed by atoms with Gasteiger partial charge in [-0.3, -0.25) is 0 Å². The maximum absolute atomic E-state index is 12.6. The Morgan fingerprint density at radius 3 is 2.00 bits per heavy atom. The molecular weight excluding hydrogens is 432 g/mol. The van der Waals surface area contributed by atoms with Crippen molar-refractivity contribution in [1.82, 2.24) is 0 Å². The van der Waals surface area contributed by atoms with Crippen molar-refractivity contribution >= 4 is 5.97 Å². The number of hydrogen-bond acceptors (Lipinski definition) is 3. The van der Waals surface area contributed by atoms with Crippen LogP contribution in [0, 0.1) is 5.92 Å². The Balaban J connectivity index is 1.38. The summed E-state index contributed by atoms with van der Waals surface area (Å²) in [5, 5.41) is 0. The normalized spacial score (nSPS) is 17.8. The first-order chi connectivity index (χ1) is 17.2. The third-order valence-electron chi connectivity index (χ3n) is 7.48. The predicted octanol–water partition coefficient (Wildman–Crippen LogP) is 9.50. The minimum Gasteiger partial charge on any atom is -0.494 e. The van der Waals surface area contributed by atoms with E-state index in [1.165, 1.54) is 89.0 Å². The molecule has 0 bridgehead atoms. The van der Waals surface area contributed by atoms with E-state index in [0.717, 1.165) is 24.7 Å². The van der Waals surface area contributed by atoms with Gasteiger partial charge in [-0.1, -0.05) is 83.8 Å². The minimum absolute atomic E-state index is 0.326. The lowest BCUT2D eigenvalue weighted by molar-refractivity contribution is 0.0734. The Hall–Kier alpha value is -2.29. The Morgan fingerprint density at radius 2 is 1.31 bits per heavy atom. The molecule has 0 aromatic heterocycles. The van der Waals surface area contributed by atoms with Crippen LogP contribution in [-0.4, -0.2) is 12.6 Å². The van der Waals surface area contributed by atoms with Crippen LogP contribution in [0.1, 0.15) is 126 Å². The van der Waals surface area contributed by atoms with Crippen molar-refractivity contribution in [3.63, 3.8) is 0 Å². The van der Waals surface area contributed by atoms with Gasteiger partial charge in [0.1, 0.15) is 11.5 Å². The van der Waals surface area contributed by atoms with Gasteiger partial charge in [0.05, 0.1) is 12.2 Å². The second-order valence-corrected chi connectivity index (χ2v) is 10.3. The largest absolute Gasteiger partial charge is 0.494 e. The molecule has 0 spiro atoms. The summed E-state index contributed by atoms with van der Waals surface area (Å²) in [6.07, 6.45) is 18.2. The lowest BCUT2D eigenvalue weighted by atomic mass is 9.77. The van der Waals surface area contributed by atoms with E-state index in [-0.39, 0.29) is 5.97 Å². The number of hydrogen-bond donors (Lipinski definition) is 0. The molecule has 0 saturated heterocycles. The monoisotopic (exact) mass is 478 g/mol. The first kappa shape index (κ1) is 27.3. The molecule has 1 aliphatic rings. The Bertz CT molecular complexity index is 832. The van der Waals surface area contributed by atoms with Crippen LogP contribution >= 0.6 is 0 Å². The number of carbonyl (C=O) groups is 1. The van der Waals surface area contributed by atoms with E-state index < -0.39 is 0 Å². The Kier molecular flexibility index (Phi) is 12.2. The van der Waals surface area contributed by atoms with Crippen molar-refractivity contribution in [2.45, 2.75) is 110 Å². The predicted molar refractivity (Wildman–Crippen MR) is 146 cm³/mol. The van der Waals surface area contributed by atoms with Crippen LogP contribution in [0.3, 0.4) is 0 Å².